The normalized spacial score (nSPS) is 9.87. The summed E-state index contributed by atoms with van der Waals surface area (Å²) in [7, 11) is 1.63. The van der Waals surface area contributed by atoms with Crippen molar-refractivity contribution in [2.45, 2.75) is 0 Å². The molecule has 5 heteroatoms. The second-order valence-electron chi connectivity index (χ2n) is 2.86. The Morgan fingerprint density at radius 3 is 2.73 bits per heavy atom. The van der Waals surface area contributed by atoms with Crippen LogP contribution in [-0.4, -0.2) is 7.11 Å². The largest absolute Gasteiger partial charge is 0.496 e. The molecule has 76 valence electrons. The average Bonchev–Trinajstić information content (AvgIpc) is 2.83. The molecule has 2 aromatic heterocycles. The summed E-state index contributed by atoms with van der Waals surface area (Å²) in [5.74, 6) is 0.834. The molecule has 0 fully saturated rings. The van der Waals surface area contributed by atoms with Crippen molar-refractivity contribution >= 4 is 28.4 Å². The minimum Gasteiger partial charge on any atom is -0.496 e. The molecule has 15 heavy (non-hydrogen) atoms. The van der Waals surface area contributed by atoms with E-state index in [1.54, 1.807) is 18.4 Å². The van der Waals surface area contributed by atoms with Crippen molar-refractivity contribution in [1.82, 2.24) is 0 Å². The first-order chi connectivity index (χ1) is 7.24. The van der Waals surface area contributed by atoms with Crippen molar-refractivity contribution in [3.8, 4) is 21.6 Å². The molecule has 0 atom stereocenters. The first kappa shape index (κ1) is 10.0. The third-order valence-corrected chi connectivity index (χ3v) is 4.08. The molecule has 0 saturated heterocycles. The van der Waals surface area contributed by atoms with Crippen molar-refractivity contribution in [1.29, 1.82) is 5.26 Å². The molecule has 0 spiro atoms. The van der Waals surface area contributed by atoms with Gasteiger partial charge in [-0.3, -0.25) is 0 Å². The fourth-order valence-electron chi connectivity index (χ4n) is 1.17. The highest BCUT2D eigenvalue weighted by molar-refractivity contribution is 7.22. The minimum atomic E-state index is 0.546. The van der Waals surface area contributed by atoms with Gasteiger partial charge in [0.2, 0.25) is 0 Å². The first-order valence-electron chi connectivity index (χ1n) is 4.17. The summed E-state index contributed by atoms with van der Waals surface area (Å²) < 4.78 is 5.10. The molecule has 0 aromatic carbocycles. The summed E-state index contributed by atoms with van der Waals surface area (Å²) in [4.78, 5) is 2.65. The molecule has 2 aromatic rings. The van der Waals surface area contributed by atoms with Crippen molar-refractivity contribution in [2.75, 3.05) is 12.8 Å². The first-order valence-corrected chi connectivity index (χ1v) is 5.86. The van der Waals surface area contributed by atoms with E-state index in [1.807, 2.05) is 17.5 Å². The Morgan fingerprint density at radius 1 is 1.40 bits per heavy atom. The SMILES string of the molecule is COc1csc(-c2cc(N)c(C#N)s2)c1. The Labute approximate surface area is 95.3 Å². The van der Waals surface area contributed by atoms with E-state index in [-0.39, 0.29) is 0 Å². The predicted molar refractivity (Wildman–Crippen MR) is 63.3 cm³/mol. The fraction of sp³-hybridized carbons (Fsp3) is 0.100. The molecule has 0 aliphatic rings. The third-order valence-electron chi connectivity index (χ3n) is 1.92. The number of ether oxygens (including phenoxy) is 1. The number of hydrogen-bond acceptors (Lipinski definition) is 5. The summed E-state index contributed by atoms with van der Waals surface area (Å²) in [5, 5.41) is 10.7. The number of hydrogen-bond donors (Lipinski definition) is 1. The summed E-state index contributed by atoms with van der Waals surface area (Å²) in [5.41, 5.74) is 6.24. The highest BCUT2D eigenvalue weighted by Gasteiger charge is 2.09. The Balaban J connectivity index is 2.41. The lowest BCUT2D eigenvalue weighted by Gasteiger charge is -1.90. The molecule has 0 radical (unpaired) electrons. The van der Waals surface area contributed by atoms with Crippen LogP contribution in [0, 0.1) is 11.3 Å². The highest BCUT2D eigenvalue weighted by Crippen LogP contribution is 2.37. The number of rotatable bonds is 2. The van der Waals surface area contributed by atoms with E-state index >= 15 is 0 Å². The molecule has 0 amide bonds. The number of methoxy groups -OCH3 is 1. The summed E-state index contributed by atoms with van der Waals surface area (Å²) in [6.45, 7) is 0. The van der Waals surface area contributed by atoms with Gasteiger partial charge in [0.1, 0.15) is 16.7 Å². The topological polar surface area (TPSA) is 59.0 Å². The van der Waals surface area contributed by atoms with E-state index in [4.69, 9.17) is 15.7 Å². The summed E-state index contributed by atoms with van der Waals surface area (Å²) >= 11 is 2.99. The molecule has 2 rings (SSSR count). The van der Waals surface area contributed by atoms with E-state index in [0.29, 0.717) is 10.6 Å². The quantitative estimate of drug-likeness (QED) is 0.872. The van der Waals surface area contributed by atoms with Gasteiger partial charge in [-0.25, -0.2) is 0 Å². The zero-order valence-corrected chi connectivity index (χ0v) is 9.61. The lowest BCUT2D eigenvalue weighted by Crippen LogP contribution is -1.81. The molecule has 2 N–H and O–H groups in total. The molecule has 3 nitrogen and oxygen atoms in total. The maximum atomic E-state index is 8.79. The van der Waals surface area contributed by atoms with Crippen LogP contribution in [0.5, 0.6) is 5.75 Å². The second-order valence-corrected chi connectivity index (χ2v) is 4.82. The molecule has 0 saturated carbocycles. The maximum Gasteiger partial charge on any atom is 0.130 e. The van der Waals surface area contributed by atoms with E-state index in [0.717, 1.165) is 15.5 Å². The van der Waals surface area contributed by atoms with Crippen LogP contribution in [0.3, 0.4) is 0 Å². The van der Waals surface area contributed by atoms with Gasteiger partial charge in [-0.1, -0.05) is 0 Å². The van der Waals surface area contributed by atoms with Gasteiger partial charge in [-0.2, -0.15) is 5.26 Å². The summed E-state index contributed by atoms with van der Waals surface area (Å²) in [6, 6.07) is 5.84. The van der Waals surface area contributed by atoms with Gasteiger partial charge in [-0.15, -0.1) is 22.7 Å². The minimum absolute atomic E-state index is 0.546. The van der Waals surface area contributed by atoms with Gasteiger partial charge in [0, 0.05) is 15.1 Å². The molecule has 0 bridgehead atoms. The van der Waals surface area contributed by atoms with Crippen LogP contribution >= 0.6 is 22.7 Å². The van der Waals surface area contributed by atoms with Gasteiger partial charge in [0.25, 0.3) is 0 Å². The standard InChI is InChI=1S/C10H8N2OS2/c1-13-6-2-8(14-5-6)9-3-7(12)10(4-11)15-9/h2-3,5H,12H2,1H3. The van der Waals surface area contributed by atoms with Crippen molar-refractivity contribution in [3.05, 3.63) is 22.4 Å². The zero-order valence-electron chi connectivity index (χ0n) is 7.98. The highest BCUT2D eigenvalue weighted by atomic mass is 32.1. The monoisotopic (exact) mass is 236 g/mol. The Kier molecular flexibility index (Phi) is 2.62. The Hall–Kier alpha value is -1.51. The maximum absolute atomic E-state index is 8.79. The van der Waals surface area contributed by atoms with Gasteiger partial charge >= 0.3 is 0 Å². The second kappa shape index (κ2) is 3.93. The smallest absolute Gasteiger partial charge is 0.130 e. The molecule has 0 unspecified atom stereocenters. The number of nitrogen functional groups attached to an aromatic ring is 1. The van der Waals surface area contributed by atoms with Crippen LogP contribution in [0.1, 0.15) is 4.88 Å². The van der Waals surface area contributed by atoms with Crippen LogP contribution in [0.4, 0.5) is 5.69 Å². The Morgan fingerprint density at radius 2 is 2.20 bits per heavy atom. The number of anilines is 1. The molecular weight excluding hydrogens is 228 g/mol. The van der Waals surface area contributed by atoms with Crippen LogP contribution in [0.15, 0.2) is 17.5 Å². The van der Waals surface area contributed by atoms with Crippen LogP contribution < -0.4 is 10.5 Å². The van der Waals surface area contributed by atoms with Gasteiger partial charge < -0.3 is 10.5 Å². The van der Waals surface area contributed by atoms with Crippen molar-refractivity contribution in [2.24, 2.45) is 0 Å². The Bertz CT molecular complexity index is 522. The van der Waals surface area contributed by atoms with E-state index in [2.05, 4.69) is 6.07 Å². The number of thiophene rings is 2. The van der Waals surface area contributed by atoms with E-state index < -0.39 is 0 Å². The number of nitriles is 1. The molecular formula is C10H8N2OS2. The van der Waals surface area contributed by atoms with Crippen LogP contribution in [0.2, 0.25) is 0 Å². The van der Waals surface area contributed by atoms with Crippen molar-refractivity contribution in [3.63, 3.8) is 0 Å². The summed E-state index contributed by atoms with van der Waals surface area (Å²) in [6.07, 6.45) is 0. The van der Waals surface area contributed by atoms with Crippen LogP contribution in [-0.2, 0) is 0 Å². The number of nitrogens with zero attached hydrogens (tertiary/aromatic N) is 1. The van der Waals surface area contributed by atoms with Crippen molar-refractivity contribution < 1.29 is 4.74 Å². The number of nitrogens with two attached hydrogens (primary N) is 1. The van der Waals surface area contributed by atoms with Gasteiger partial charge in [0.15, 0.2) is 0 Å². The zero-order chi connectivity index (χ0) is 10.8. The third kappa shape index (κ3) is 1.82. The van der Waals surface area contributed by atoms with Gasteiger partial charge in [0.05, 0.1) is 12.8 Å². The fourth-order valence-corrected chi connectivity index (χ4v) is 2.99. The molecule has 0 aliphatic carbocycles. The lowest BCUT2D eigenvalue weighted by atomic mass is 10.3. The van der Waals surface area contributed by atoms with Gasteiger partial charge in [-0.05, 0) is 12.1 Å². The molecule has 0 aliphatic heterocycles. The molecule has 2 heterocycles. The average molecular weight is 236 g/mol. The predicted octanol–water partition coefficient (Wildman–Crippen LogP) is 2.94. The van der Waals surface area contributed by atoms with Crippen LogP contribution in [0.25, 0.3) is 9.75 Å². The van der Waals surface area contributed by atoms with E-state index in [1.165, 1.54) is 11.3 Å². The lowest BCUT2D eigenvalue weighted by molar-refractivity contribution is 0.417. The van der Waals surface area contributed by atoms with E-state index in [9.17, 15) is 0 Å².